The molecule has 0 radical (unpaired) electrons. The van der Waals surface area contributed by atoms with Crippen molar-refractivity contribution >= 4 is 55.4 Å². The molecule has 3 heterocycles. The van der Waals surface area contributed by atoms with Crippen molar-refractivity contribution < 1.29 is 4.42 Å². The number of nitrogens with one attached hydrogen (secondary N) is 1. The van der Waals surface area contributed by atoms with Gasteiger partial charge in [0.2, 0.25) is 0 Å². The number of fused-ring (bicyclic) bond motifs is 7. The zero-order valence-corrected chi connectivity index (χ0v) is 23.7. The molecule has 1 unspecified atom stereocenters. The van der Waals surface area contributed by atoms with Gasteiger partial charge >= 0.3 is 0 Å². The standard InChI is InChI=1S/C39H26N4O/c1-3-11-25(12-4-1)37-40-38(26-13-5-2-6-14-26)42-39(41-37)27-19-21-28(22-20-27)43-31-17-9-7-15-29(31)35-32(43)23-24-34-36(35)30-16-8-10-18-33(30)44-34/h1-24,37H,(H,40,41,42). The van der Waals surface area contributed by atoms with E-state index in [-0.39, 0.29) is 6.17 Å². The van der Waals surface area contributed by atoms with E-state index in [1.54, 1.807) is 0 Å². The number of hydrogen-bond acceptors (Lipinski definition) is 4. The maximum atomic E-state index is 6.25. The van der Waals surface area contributed by atoms with Crippen LogP contribution in [0.2, 0.25) is 0 Å². The fraction of sp³-hybridized carbons (Fsp3) is 0.0256. The van der Waals surface area contributed by atoms with Crippen molar-refractivity contribution in [3.63, 3.8) is 0 Å². The van der Waals surface area contributed by atoms with Gasteiger partial charge in [0, 0.05) is 38.4 Å². The largest absolute Gasteiger partial charge is 0.456 e. The lowest BCUT2D eigenvalue weighted by Crippen LogP contribution is -2.33. The van der Waals surface area contributed by atoms with Crippen molar-refractivity contribution in [3.8, 4) is 5.69 Å². The molecule has 0 amide bonds. The third-order valence-electron chi connectivity index (χ3n) is 8.47. The number of nitrogens with zero attached hydrogens (tertiary/aromatic N) is 3. The van der Waals surface area contributed by atoms with Crippen LogP contribution in [0.25, 0.3) is 49.4 Å². The van der Waals surface area contributed by atoms with Gasteiger partial charge < -0.3 is 14.3 Å². The smallest absolute Gasteiger partial charge is 0.159 e. The summed E-state index contributed by atoms with van der Waals surface area (Å²) >= 11 is 0. The number of furan rings is 1. The second-order valence-electron chi connectivity index (χ2n) is 11.1. The summed E-state index contributed by atoms with van der Waals surface area (Å²) in [5.41, 5.74) is 8.28. The molecular formula is C39H26N4O. The second kappa shape index (κ2) is 9.82. The summed E-state index contributed by atoms with van der Waals surface area (Å²) < 4.78 is 8.59. The molecule has 0 spiro atoms. The fourth-order valence-corrected chi connectivity index (χ4v) is 6.44. The van der Waals surface area contributed by atoms with E-state index in [1.165, 1.54) is 10.8 Å². The Kier molecular flexibility index (Phi) is 5.50. The Bertz CT molecular complexity index is 2400. The molecule has 2 aromatic heterocycles. The first-order chi connectivity index (χ1) is 21.8. The van der Waals surface area contributed by atoms with Gasteiger partial charge in [-0.1, -0.05) is 97.1 Å². The van der Waals surface area contributed by atoms with E-state index in [9.17, 15) is 0 Å². The molecule has 1 aliphatic heterocycles. The highest BCUT2D eigenvalue weighted by Gasteiger charge is 2.22. The Morgan fingerprint density at radius 2 is 1.25 bits per heavy atom. The number of benzene rings is 6. The van der Waals surface area contributed by atoms with E-state index in [4.69, 9.17) is 14.4 Å². The number of hydrogen-bond donors (Lipinski definition) is 1. The molecule has 0 aliphatic carbocycles. The Labute approximate surface area is 253 Å². The van der Waals surface area contributed by atoms with Gasteiger partial charge in [0.1, 0.15) is 23.2 Å². The predicted molar refractivity (Wildman–Crippen MR) is 180 cm³/mol. The molecule has 0 saturated heterocycles. The molecule has 9 rings (SSSR count). The van der Waals surface area contributed by atoms with Gasteiger partial charge in [-0.3, -0.25) is 0 Å². The number of para-hydroxylation sites is 2. The SMILES string of the molecule is c1ccc(C2=NC(c3ccccc3)NC(c3ccc(-n4c5ccccc5c5c6c(ccc54)oc4ccccc46)cc3)=N2)cc1. The van der Waals surface area contributed by atoms with Crippen molar-refractivity contribution in [1.29, 1.82) is 0 Å². The third-order valence-corrected chi connectivity index (χ3v) is 8.47. The van der Waals surface area contributed by atoms with E-state index in [1.807, 2.05) is 48.5 Å². The molecule has 0 saturated carbocycles. The van der Waals surface area contributed by atoms with Crippen LogP contribution in [0.5, 0.6) is 0 Å². The lowest BCUT2D eigenvalue weighted by Gasteiger charge is -2.23. The monoisotopic (exact) mass is 566 g/mol. The summed E-state index contributed by atoms with van der Waals surface area (Å²) in [5, 5.41) is 8.29. The summed E-state index contributed by atoms with van der Waals surface area (Å²) in [5.74, 6) is 1.52. The number of aliphatic imine (C=N–C) groups is 2. The molecule has 1 atom stereocenters. The van der Waals surface area contributed by atoms with E-state index < -0.39 is 0 Å². The topological polar surface area (TPSA) is 54.8 Å². The summed E-state index contributed by atoms with van der Waals surface area (Å²) in [6, 6.07) is 50.3. The molecule has 44 heavy (non-hydrogen) atoms. The molecule has 1 N–H and O–H groups in total. The van der Waals surface area contributed by atoms with Gasteiger partial charge in [0.15, 0.2) is 5.84 Å². The van der Waals surface area contributed by atoms with Crippen molar-refractivity contribution in [1.82, 2.24) is 9.88 Å². The molecule has 1 aliphatic rings. The summed E-state index contributed by atoms with van der Waals surface area (Å²) in [6.45, 7) is 0. The van der Waals surface area contributed by atoms with E-state index in [0.29, 0.717) is 0 Å². The second-order valence-corrected chi connectivity index (χ2v) is 11.1. The minimum Gasteiger partial charge on any atom is -0.456 e. The first-order valence-electron chi connectivity index (χ1n) is 14.8. The summed E-state index contributed by atoms with van der Waals surface area (Å²) in [7, 11) is 0. The molecule has 0 bridgehead atoms. The normalized spacial score (nSPS) is 15.0. The van der Waals surface area contributed by atoms with E-state index in [0.717, 1.165) is 67.0 Å². The highest BCUT2D eigenvalue weighted by molar-refractivity contribution is 6.27. The maximum absolute atomic E-state index is 6.25. The number of rotatable bonds is 4. The Balaban J connectivity index is 1.18. The van der Waals surface area contributed by atoms with Gasteiger partial charge in [0.05, 0.1) is 11.0 Å². The van der Waals surface area contributed by atoms with Crippen LogP contribution in [0, 0.1) is 0 Å². The van der Waals surface area contributed by atoms with Crippen molar-refractivity contribution in [2.75, 3.05) is 0 Å². The first-order valence-corrected chi connectivity index (χ1v) is 14.8. The minimum absolute atomic E-state index is 0.233. The third kappa shape index (κ3) is 3.87. The van der Waals surface area contributed by atoms with Gasteiger partial charge in [-0.15, -0.1) is 0 Å². The lowest BCUT2D eigenvalue weighted by atomic mass is 10.1. The van der Waals surface area contributed by atoms with Crippen LogP contribution in [-0.2, 0) is 0 Å². The molecule has 8 aromatic rings. The molecule has 208 valence electrons. The van der Waals surface area contributed by atoms with Gasteiger partial charge in [-0.05, 0) is 54.1 Å². The number of amidine groups is 2. The van der Waals surface area contributed by atoms with Gasteiger partial charge in [0.25, 0.3) is 0 Å². The van der Waals surface area contributed by atoms with Crippen LogP contribution in [0.4, 0.5) is 0 Å². The van der Waals surface area contributed by atoms with Crippen molar-refractivity contribution in [2.45, 2.75) is 6.17 Å². The Morgan fingerprint density at radius 1 is 0.545 bits per heavy atom. The van der Waals surface area contributed by atoms with Crippen molar-refractivity contribution in [2.24, 2.45) is 9.98 Å². The molecular weight excluding hydrogens is 540 g/mol. The number of aromatic nitrogens is 1. The fourth-order valence-electron chi connectivity index (χ4n) is 6.44. The molecule has 5 nitrogen and oxygen atoms in total. The quantitative estimate of drug-likeness (QED) is 0.231. The molecule has 6 aromatic carbocycles. The van der Waals surface area contributed by atoms with Gasteiger partial charge in [-0.25, -0.2) is 9.98 Å². The average Bonchev–Trinajstić information content (AvgIpc) is 3.64. The summed E-state index contributed by atoms with van der Waals surface area (Å²) in [6.07, 6.45) is -0.233. The van der Waals surface area contributed by atoms with E-state index >= 15 is 0 Å². The van der Waals surface area contributed by atoms with Gasteiger partial charge in [-0.2, -0.15) is 0 Å². The molecule has 0 fully saturated rings. The zero-order valence-electron chi connectivity index (χ0n) is 23.7. The minimum atomic E-state index is -0.233. The molecule has 5 heteroatoms. The Morgan fingerprint density at radius 3 is 2.07 bits per heavy atom. The van der Waals surface area contributed by atoms with Crippen molar-refractivity contribution in [3.05, 3.63) is 162 Å². The van der Waals surface area contributed by atoms with Crippen LogP contribution in [0.3, 0.4) is 0 Å². The Hall–Kier alpha value is -5.94. The highest BCUT2D eigenvalue weighted by Crippen LogP contribution is 2.41. The van der Waals surface area contributed by atoms with E-state index in [2.05, 4.69) is 107 Å². The van der Waals surface area contributed by atoms with Crippen LogP contribution >= 0.6 is 0 Å². The van der Waals surface area contributed by atoms with Crippen LogP contribution in [-0.4, -0.2) is 16.2 Å². The predicted octanol–water partition coefficient (Wildman–Crippen LogP) is 9.18. The average molecular weight is 567 g/mol. The maximum Gasteiger partial charge on any atom is 0.159 e. The zero-order chi connectivity index (χ0) is 29.0. The summed E-state index contributed by atoms with van der Waals surface area (Å²) in [4.78, 5) is 9.96. The van der Waals surface area contributed by atoms with Crippen LogP contribution in [0.1, 0.15) is 22.9 Å². The highest BCUT2D eigenvalue weighted by atomic mass is 16.3. The first kappa shape index (κ1) is 24.6. The van der Waals surface area contributed by atoms with Crippen LogP contribution < -0.4 is 5.32 Å². The van der Waals surface area contributed by atoms with Crippen LogP contribution in [0.15, 0.2) is 160 Å². The lowest BCUT2D eigenvalue weighted by molar-refractivity contribution is 0.669.